The number of hydrogen-bond acceptors (Lipinski definition) is 6. The summed E-state index contributed by atoms with van der Waals surface area (Å²) in [7, 11) is 0. The van der Waals surface area contributed by atoms with Crippen molar-refractivity contribution in [2.24, 2.45) is 0 Å². The quantitative estimate of drug-likeness (QED) is 0.329. The van der Waals surface area contributed by atoms with E-state index < -0.39 is 17.6 Å². The highest BCUT2D eigenvalue weighted by Gasteiger charge is 2.41. The summed E-state index contributed by atoms with van der Waals surface area (Å²) >= 11 is 0. The van der Waals surface area contributed by atoms with Crippen molar-refractivity contribution in [2.75, 3.05) is 31.1 Å². The smallest absolute Gasteiger partial charge is 0.255 e. The maximum atomic E-state index is 16.3. The van der Waals surface area contributed by atoms with Crippen LogP contribution in [-0.2, 0) is 28.3 Å². The molecule has 0 spiro atoms. The minimum atomic E-state index is -1.46. The van der Waals surface area contributed by atoms with Gasteiger partial charge in [-0.05, 0) is 90.5 Å². The molecule has 47 heavy (non-hydrogen) atoms. The normalized spacial score (nSPS) is 22.1. The Bertz CT molecular complexity index is 1640. The lowest BCUT2D eigenvalue weighted by atomic mass is 9.84. The van der Waals surface area contributed by atoms with Crippen LogP contribution in [0.5, 0.6) is 0 Å². The number of piperidine rings is 3. The van der Waals surface area contributed by atoms with Gasteiger partial charge in [0.2, 0.25) is 11.8 Å². The number of alkyl halides is 1. The largest absolute Gasteiger partial charge is 0.371 e. The van der Waals surface area contributed by atoms with E-state index in [1.807, 2.05) is 6.07 Å². The van der Waals surface area contributed by atoms with Crippen LogP contribution in [0.4, 0.5) is 10.1 Å². The first kappa shape index (κ1) is 31.5. The predicted molar refractivity (Wildman–Crippen MR) is 179 cm³/mol. The molecule has 3 amide bonds. The highest BCUT2D eigenvalue weighted by Crippen LogP contribution is 2.40. The molecule has 3 aromatic rings. The Kier molecular flexibility index (Phi) is 8.59. The summed E-state index contributed by atoms with van der Waals surface area (Å²) in [5.74, 6) is 0.0346. The van der Waals surface area contributed by atoms with Gasteiger partial charge in [0.15, 0.2) is 0 Å². The molecule has 1 aromatic heterocycles. The van der Waals surface area contributed by atoms with Crippen LogP contribution in [0.1, 0.15) is 103 Å². The van der Waals surface area contributed by atoms with Gasteiger partial charge >= 0.3 is 0 Å². The number of nitrogens with zero attached hydrogens (tertiary/aromatic N) is 4. The molecular weight excluding hydrogens is 593 g/mol. The molecule has 9 heteroatoms. The van der Waals surface area contributed by atoms with Crippen LogP contribution in [0.15, 0.2) is 60.8 Å². The zero-order valence-electron chi connectivity index (χ0n) is 27.4. The summed E-state index contributed by atoms with van der Waals surface area (Å²) in [5.41, 5.74) is 5.40. The Morgan fingerprint density at radius 2 is 1.68 bits per heavy atom. The zero-order valence-corrected chi connectivity index (χ0v) is 27.4. The van der Waals surface area contributed by atoms with Crippen molar-refractivity contribution < 1.29 is 18.8 Å². The Morgan fingerprint density at radius 3 is 2.34 bits per heavy atom. The van der Waals surface area contributed by atoms with Crippen LogP contribution >= 0.6 is 0 Å². The molecule has 0 bridgehead atoms. The number of pyridine rings is 1. The van der Waals surface area contributed by atoms with E-state index in [1.165, 1.54) is 21.7 Å². The van der Waals surface area contributed by atoms with Gasteiger partial charge in [0, 0.05) is 68.8 Å². The molecule has 7 rings (SSSR count). The number of amides is 3. The van der Waals surface area contributed by atoms with Gasteiger partial charge in [-0.25, -0.2) is 4.39 Å². The van der Waals surface area contributed by atoms with Gasteiger partial charge in [0.1, 0.15) is 11.7 Å². The number of anilines is 1. The number of imide groups is 1. The van der Waals surface area contributed by atoms with Gasteiger partial charge in [-0.3, -0.25) is 29.6 Å². The van der Waals surface area contributed by atoms with Gasteiger partial charge in [0.25, 0.3) is 5.91 Å². The second-order valence-electron chi connectivity index (χ2n) is 14.1. The number of hydrogen-bond donors (Lipinski definition) is 1. The minimum Gasteiger partial charge on any atom is -0.371 e. The number of carbonyl (C=O) groups excluding carboxylic acids is 3. The topological polar surface area (TPSA) is 85.9 Å². The van der Waals surface area contributed by atoms with E-state index in [0.29, 0.717) is 55.3 Å². The van der Waals surface area contributed by atoms with E-state index in [0.717, 1.165) is 43.7 Å². The number of likely N-dealkylation sites (tertiary alicyclic amines) is 1. The van der Waals surface area contributed by atoms with Gasteiger partial charge in [0.05, 0.1) is 0 Å². The van der Waals surface area contributed by atoms with Crippen LogP contribution in [0, 0.1) is 0 Å². The molecule has 3 saturated heterocycles. The SMILES string of the molecule is CC(C)c1ccc(C2CCN(c3ccc(CN4CCC(F)(c5ccc6c(c5)CN(C5CCC(=O)NC5=O)C6=O)CC4)cc3)CC2)cn1. The van der Waals surface area contributed by atoms with Crippen LogP contribution in [0.2, 0.25) is 0 Å². The lowest BCUT2D eigenvalue weighted by molar-refractivity contribution is -0.136. The average molecular weight is 638 g/mol. The molecule has 1 atom stereocenters. The molecule has 0 radical (unpaired) electrons. The number of carbonyl (C=O) groups is 3. The van der Waals surface area contributed by atoms with Crippen LogP contribution in [0.25, 0.3) is 0 Å². The van der Waals surface area contributed by atoms with E-state index in [9.17, 15) is 14.4 Å². The summed E-state index contributed by atoms with van der Waals surface area (Å²) in [6, 6.07) is 17.9. The minimum absolute atomic E-state index is 0.210. The third kappa shape index (κ3) is 6.42. The zero-order chi connectivity index (χ0) is 32.7. The number of aromatic nitrogens is 1. The predicted octanol–water partition coefficient (Wildman–Crippen LogP) is 5.81. The van der Waals surface area contributed by atoms with Gasteiger partial charge in [-0.1, -0.05) is 44.2 Å². The van der Waals surface area contributed by atoms with Gasteiger partial charge < -0.3 is 9.80 Å². The maximum absolute atomic E-state index is 16.3. The molecule has 1 unspecified atom stereocenters. The standard InChI is InChI=1S/C38H44FN5O3/c1-25(2)33-10-5-28(22-40-33)27-13-17-43(18-14-27)31-7-3-26(4-8-31)23-42-19-15-38(39,16-20-42)30-6-9-32-29(21-30)24-44(37(32)47)34-11-12-35(45)41-36(34)46/h3-10,21-22,25,27,34H,11-20,23-24H2,1-2H3,(H,41,45,46). The van der Waals surface area contributed by atoms with Crippen LogP contribution < -0.4 is 10.2 Å². The van der Waals surface area contributed by atoms with Gasteiger partial charge in [-0.2, -0.15) is 0 Å². The second-order valence-corrected chi connectivity index (χ2v) is 14.1. The molecular formula is C38H44FN5O3. The van der Waals surface area contributed by atoms with E-state index in [-0.39, 0.29) is 24.8 Å². The first-order valence-corrected chi connectivity index (χ1v) is 17.2. The summed E-state index contributed by atoms with van der Waals surface area (Å²) < 4.78 is 16.3. The van der Waals surface area contributed by atoms with Crippen molar-refractivity contribution in [3.05, 3.63) is 94.3 Å². The fourth-order valence-corrected chi connectivity index (χ4v) is 7.75. The number of rotatable bonds is 7. The fraction of sp³-hybridized carbons (Fsp3) is 0.474. The number of nitrogens with one attached hydrogen (secondary N) is 1. The molecule has 4 aliphatic heterocycles. The summed E-state index contributed by atoms with van der Waals surface area (Å²) in [5, 5.41) is 2.33. The summed E-state index contributed by atoms with van der Waals surface area (Å²) in [4.78, 5) is 48.0. The van der Waals surface area contributed by atoms with Crippen molar-refractivity contribution in [1.29, 1.82) is 0 Å². The van der Waals surface area contributed by atoms with Crippen molar-refractivity contribution in [3.63, 3.8) is 0 Å². The second kappa shape index (κ2) is 12.8. The number of fused-ring (bicyclic) bond motifs is 1. The Morgan fingerprint density at radius 1 is 0.936 bits per heavy atom. The molecule has 8 nitrogen and oxygen atoms in total. The molecule has 2 aromatic carbocycles. The van der Waals surface area contributed by atoms with Crippen molar-refractivity contribution in [2.45, 2.75) is 89.0 Å². The molecule has 246 valence electrons. The monoisotopic (exact) mass is 637 g/mol. The first-order valence-electron chi connectivity index (χ1n) is 17.2. The maximum Gasteiger partial charge on any atom is 0.255 e. The van der Waals surface area contributed by atoms with Gasteiger partial charge in [-0.15, -0.1) is 0 Å². The molecule has 5 heterocycles. The van der Waals surface area contributed by atoms with E-state index in [4.69, 9.17) is 0 Å². The highest BCUT2D eigenvalue weighted by atomic mass is 19.1. The lowest BCUT2D eigenvalue weighted by Gasteiger charge is -2.37. The number of benzene rings is 2. The summed E-state index contributed by atoms with van der Waals surface area (Å²) in [6.45, 7) is 8.77. The van der Waals surface area contributed by atoms with Crippen molar-refractivity contribution in [3.8, 4) is 0 Å². The molecule has 4 aliphatic rings. The van der Waals surface area contributed by atoms with Crippen LogP contribution in [-0.4, -0.2) is 64.7 Å². The van der Waals surface area contributed by atoms with E-state index in [2.05, 4.69) is 76.5 Å². The highest BCUT2D eigenvalue weighted by molar-refractivity contribution is 6.05. The molecule has 3 fully saturated rings. The third-order valence-electron chi connectivity index (χ3n) is 10.8. The van der Waals surface area contributed by atoms with E-state index >= 15 is 4.39 Å². The first-order chi connectivity index (χ1) is 22.7. The lowest BCUT2D eigenvalue weighted by Crippen LogP contribution is -2.52. The average Bonchev–Trinajstić information content (AvgIpc) is 3.41. The Hall–Kier alpha value is -4.11. The van der Waals surface area contributed by atoms with E-state index in [1.54, 1.807) is 12.1 Å². The number of halogens is 1. The Balaban J connectivity index is 0.908. The van der Waals surface area contributed by atoms with Crippen molar-refractivity contribution in [1.82, 2.24) is 20.1 Å². The van der Waals surface area contributed by atoms with Crippen molar-refractivity contribution >= 4 is 23.4 Å². The summed E-state index contributed by atoms with van der Waals surface area (Å²) in [6.07, 6.45) is 5.63. The molecule has 0 aliphatic carbocycles. The molecule has 0 saturated carbocycles. The van der Waals surface area contributed by atoms with Crippen LogP contribution in [0.3, 0.4) is 0 Å². The fourth-order valence-electron chi connectivity index (χ4n) is 7.75. The third-order valence-corrected chi connectivity index (χ3v) is 10.8. The molecule has 1 N–H and O–H groups in total. The Labute approximate surface area is 276 Å².